The second-order valence-electron chi connectivity index (χ2n) is 4.85. The van der Waals surface area contributed by atoms with E-state index < -0.39 is 0 Å². The number of fused-ring (bicyclic) bond motifs is 1. The normalized spacial score (nSPS) is 13.5. The van der Waals surface area contributed by atoms with Gasteiger partial charge in [0.1, 0.15) is 5.82 Å². The zero-order valence-corrected chi connectivity index (χ0v) is 11.2. The van der Waals surface area contributed by atoms with Crippen molar-refractivity contribution in [2.45, 2.75) is 0 Å². The average Bonchev–Trinajstić information content (AvgIpc) is 2.73. The van der Waals surface area contributed by atoms with Crippen LogP contribution in [0.3, 0.4) is 0 Å². The van der Waals surface area contributed by atoms with Crippen molar-refractivity contribution in [2.75, 3.05) is 6.54 Å². The third-order valence-electron chi connectivity index (χ3n) is 3.48. The highest BCUT2D eigenvalue weighted by Crippen LogP contribution is 2.25. The molecule has 2 aromatic rings. The summed E-state index contributed by atoms with van der Waals surface area (Å²) >= 11 is 0. The maximum Gasteiger partial charge on any atom is 0.261 e. The maximum absolute atomic E-state index is 12.9. The van der Waals surface area contributed by atoms with Gasteiger partial charge in [-0.25, -0.2) is 4.39 Å². The first kappa shape index (κ1) is 13.2. The highest BCUT2D eigenvalue weighted by molar-refractivity contribution is 6.21. The van der Waals surface area contributed by atoms with Gasteiger partial charge in [0.2, 0.25) is 0 Å². The number of carbonyl (C=O) groups excluding carboxylic acids is 2. The molecule has 0 N–H and O–H groups in total. The van der Waals surface area contributed by atoms with Crippen LogP contribution in [0.1, 0.15) is 26.3 Å². The number of amides is 2. The predicted octanol–water partition coefficient (Wildman–Crippen LogP) is 3.14. The van der Waals surface area contributed by atoms with Crippen molar-refractivity contribution in [3.63, 3.8) is 0 Å². The quantitative estimate of drug-likeness (QED) is 0.810. The van der Waals surface area contributed by atoms with E-state index in [1.165, 1.54) is 12.1 Å². The van der Waals surface area contributed by atoms with E-state index in [0.717, 1.165) is 4.90 Å². The summed E-state index contributed by atoms with van der Waals surface area (Å²) in [7, 11) is 0. The predicted molar refractivity (Wildman–Crippen MR) is 77.2 cm³/mol. The molecular formula is C17H12FNO2. The summed E-state index contributed by atoms with van der Waals surface area (Å²) in [5.74, 6) is -0.981. The van der Waals surface area contributed by atoms with Crippen molar-refractivity contribution in [2.24, 2.45) is 0 Å². The van der Waals surface area contributed by atoms with E-state index >= 15 is 0 Å². The standard InChI is InChI=1S/C17H12FNO2/c1-11(12-6-8-13(18)9-7-12)10-19-16(20)14-4-2-3-5-15(14)17(19)21/h2-9H,1,10H2. The van der Waals surface area contributed by atoms with Gasteiger partial charge in [0.15, 0.2) is 0 Å². The Morgan fingerprint density at radius 3 is 2.00 bits per heavy atom. The number of nitrogens with zero attached hydrogens (tertiary/aromatic N) is 1. The van der Waals surface area contributed by atoms with E-state index in [2.05, 4.69) is 6.58 Å². The highest BCUT2D eigenvalue weighted by atomic mass is 19.1. The minimum Gasteiger partial charge on any atom is -0.270 e. The molecule has 1 aliphatic rings. The molecule has 0 saturated heterocycles. The number of benzene rings is 2. The molecule has 104 valence electrons. The Bertz CT molecular complexity index is 715. The SMILES string of the molecule is C=C(CN1C(=O)c2ccccc2C1=O)c1ccc(F)cc1. The van der Waals surface area contributed by atoms with Crippen molar-refractivity contribution in [3.8, 4) is 0 Å². The molecule has 21 heavy (non-hydrogen) atoms. The van der Waals surface area contributed by atoms with Gasteiger partial charge in [-0.2, -0.15) is 0 Å². The summed E-state index contributed by atoms with van der Waals surface area (Å²) in [6.45, 7) is 3.98. The maximum atomic E-state index is 12.9. The second kappa shape index (κ2) is 4.98. The molecule has 0 saturated carbocycles. The number of imide groups is 1. The number of rotatable bonds is 3. The first-order valence-corrected chi connectivity index (χ1v) is 6.47. The van der Waals surface area contributed by atoms with E-state index in [0.29, 0.717) is 22.3 Å². The number of halogens is 1. The fourth-order valence-electron chi connectivity index (χ4n) is 2.35. The van der Waals surface area contributed by atoms with Crippen molar-refractivity contribution < 1.29 is 14.0 Å². The van der Waals surface area contributed by atoms with E-state index in [4.69, 9.17) is 0 Å². The van der Waals surface area contributed by atoms with Crippen LogP contribution in [0.5, 0.6) is 0 Å². The van der Waals surface area contributed by atoms with Crippen LogP contribution in [0.25, 0.3) is 5.57 Å². The third kappa shape index (κ3) is 2.25. The molecule has 0 fully saturated rings. The Morgan fingerprint density at radius 2 is 1.48 bits per heavy atom. The lowest BCUT2D eigenvalue weighted by Gasteiger charge is -2.15. The van der Waals surface area contributed by atoms with Gasteiger partial charge in [-0.05, 0) is 35.4 Å². The Kier molecular flexibility index (Phi) is 3.14. The highest BCUT2D eigenvalue weighted by Gasteiger charge is 2.35. The Hall–Kier alpha value is -2.75. The first-order valence-electron chi connectivity index (χ1n) is 6.47. The van der Waals surface area contributed by atoms with Crippen molar-refractivity contribution in [3.05, 3.63) is 77.6 Å². The molecule has 3 nitrogen and oxygen atoms in total. The van der Waals surface area contributed by atoms with Crippen molar-refractivity contribution in [1.29, 1.82) is 0 Å². The van der Waals surface area contributed by atoms with Gasteiger partial charge < -0.3 is 0 Å². The zero-order valence-electron chi connectivity index (χ0n) is 11.2. The molecule has 0 aliphatic carbocycles. The molecule has 0 radical (unpaired) electrons. The first-order chi connectivity index (χ1) is 10.1. The molecule has 1 heterocycles. The van der Waals surface area contributed by atoms with Gasteiger partial charge in [-0.15, -0.1) is 0 Å². The van der Waals surface area contributed by atoms with Gasteiger partial charge in [-0.3, -0.25) is 14.5 Å². The van der Waals surface area contributed by atoms with Crippen LogP contribution in [0, 0.1) is 5.82 Å². The van der Waals surface area contributed by atoms with Crippen LogP contribution in [0.15, 0.2) is 55.1 Å². The lowest BCUT2D eigenvalue weighted by Crippen LogP contribution is -2.31. The van der Waals surface area contributed by atoms with Gasteiger partial charge in [0.25, 0.3) is 11.8 Å². The molecule has 0 spiro atoms. The molecular weight excluding hydrogens is 269 g/mol. The number of hydrogen-bond donors (Lipinski definition) is 0. The molecule has 0 atom stereocenters. The van der Waals surface area contributed by atoms with Crippen LogP contribution in [0.2, 0.25) is 0 Å². The fraction of sp³-hybridized carbons (Fsp3) is 0.0588. The van der Waals surface area contributed by atoms with Gasteiger partial charge in [0.05, 0.1) is 17.7 Å². The summed E-state index contributed by atoms with van der Waals surface area (Å²) in [4.78, 5) is 25.6. The van der Waals surface area contributed by atoms with Crippen LogP contribution < -0.4 is 0 Å². The monoisotopic (exact) mass is 281 g/mol. The summed E-state index contributed by atoms with van der Waals surface area (Å²) < 4.78 is 12.9. The number of carbonyl (C=O) groups is 2. The molecule has 2 aromatic carbocycles. The van der Waals surface area contributed by atoms with Crippen LogP contribution in [0.4, 0.5) is 4.39 Å². The molecule has 2 amide bonds. The van der Waals surface area contributed by atoms with E-state index in [1.54, 1.807) is 36.4 Å². The molecule has 4 heteroatoms. The third-order valence-corrected chi connectivity index (χ3v) is 3.48. The van der Waals surface area contributed by atoms with Crippen molar-refractivity contribution >= 4 is 17.4 Å². The smallest absolute Gasteiger partial charge is 0.261 e. The van der Waals surface area contributed by atoms with Gasteiger partial charge in [-0.1, -0.05) is 30.8 Å². The van der Waals surface area contributed by atoms with E-state index in [9.17, 15) is 14.0 Å². The topological polar surface area (TPSA) is 37.4 Å². The Labute approximate surface area is 121 Å². The van der Waals surface area contributed by atoms with Crippen LogP contribution in [-0.2, 0) is 0 Å². The average molecular weight is 281 g/mol. The lowest BCUT2D eigenvalue weighted by atomic mass is 10.1. The second-order valence-corrected chi connectivity index (χ2v) is 4.85. The molecule has 0 aromatic heterocycles. The van der Waals surface area contributed by atoms with Gasteiger partial charge in [0, 0.05) is 0 Å². The lowest BCUT2D eigenvalue weighted by molar-refractivity contribution is 0.0675. The Morgan fingerprint density at radius 1 is 0.952 bits per heavy atom. The fourth-order valence-corrected chi connectivity index (χ4v) is 2.35. The summed E-state index contributed by atoms with van der Waals surface area (Å²) in [6.07, 6.45) is 0. The van der Waals surface area contributed by atoms with E-state index in [-0.39, 0.29) is 24.2 Å². The summed E-state index contributed by atoms with van der Waals surface area (Å²) in [5.41, 5.74) is 2.11. The largest absolute Gasteiger partial charge is 0.270 e. The minimum atomic E-state index is -0.340. The number of hydrogen-bond acceptors (Lipinski definition) is 2. The molecule has 1 aliphatic heterocycles. The molecule has 0 bridgehead atoms. The Balaban J connectivity index is 1.84. The van der Waals surface area contributed by atoms with Crippen LogP contribution in [-0.4, -0.2) is 23.3 Å². The summed E-state index contributed by atoms with van der Waals surface area (Å²) in [6, 6.07) is 12.5. The zero-order chi connectivity index (χ0) is 15.0. The molecule has 3 rings (SSSR count). The minimum absolute atomic E-state index is 0.0952. The summed E-state index contributed by atoms with van der Waals surface area (Å²) in [5, 5.41) is 0. The van der Waals surface area contributed by atoms with Gasteiger partial charge >= 0.3 is 0 Å². The molecule has 0 unspecified atom stereocenters. The van der Waals surface area contributed by atoms with E-state index in [1.807, 2.05) is 0 Å². The van der Waals surface area contributed by atoms with Crippen molar-refractivity contribution in [1.82, 2.24) is 4.90 Å². The van der Waals surface area contributed by atoms with Crippen LogP contribution >= 0.6 is 0 Å².